The molecule has 3 heterocycles. The van der Waals surface area contributed by atoms with Gasteiger partial charge in [-0.1, -0.05) is 0 Å². The first-order valence-corrected chi connectivity index (χ1v) is 10.5. The number of aliphatic hydroxyl groups is 1. The molecule has 1 aliphatic rings. The molecule has 4 rings (SSSR count). The summed E-state index contributed by atoms with van der Waals surface area (Å²) in [5, 5.41) is 25.2. The standard InChI is InChI=1S/C22H23N7O4/c30-9-1-8-29(33)22(32)16-6-7-23-12-19(16)28-21(31)20-18(26-15-10-24-13-25-11-15)5-4-17(27-20)14-2-3-14/h4-7,10-14,26,30,33H,1-3,8-9H2,(H,28,31). The summed E-state index contributed by atoms with van der Waals surface area (Å²) in [5.74, 6) is -0.935. The van der Waals surface area contributed by atoms with E-state index in [9.17, 15) is 14.8 Å². The van der Waals surface area contributed by atoms with Gasteiger partial charge in [-0.25, -0.2) is 20.0 Å². The summed E-state index contributed by atoms with van der Waals surface area (Å²) < 4.78 is 0. The van der Waals surface area contributed by atoms with Crippen LogP contribution in [0, 0.1) is 0 Å². The van der Waals surface area contributed by atoms with Crippen molar-refractivity contribution < 1.29 is 19.9 Å². The molecular weight excluding hydrogens is 426 g/mol. The van der Waals surface area contributed by atoms with Crippen molar-refractivity contribution in [3.05, 3.63) is 66.3 Å². The Labute approximate surface area is 189 Å². The van der Waals surface area contributed by atoms with E-state index in [4.69, 9.17) is 5.11 Å². The number of anilines is 3. The summed E-state index contributed by atoms with van der Waals surface area (Å²) >= 11 is 0. The number of carbonyl (C=O) groups is 2. The lowest BCUT2D eigenvalue weighted by molar-refractivity contribution is -0.0603. The SMILES string of the molecule is O=C(Nc1cnccc1C(=O)N(O)CCCO)c1nc(C2CC2)ccc1Nc1cncnc1. The van der Waals surface area contributed by atoms with E-state index in [1.165, 1.54) is 24.8 Å². The molecule has 1 saturated carbocycles. The third kappa shape index (κ3) is 5.45. The highest BCUT2D eigenvalue weighted by molar-refractivity contribution is 6.10. The van der Waals surface area contributed by atoms with Crippen LogP contribution in [0.5, 0.6) is 0 Å². The van der Waals surface area contributed by atoms with Gasteiger partial charge in [0.1, 0.15) is 6.33 Å². The predicted molar refractivity (Wildman–Crippen MR) is 118 cm³/mol. The van der Waals surface area contributed by atoms with Crippen molar-refractivity contribution in [2.24, 2.45) is 0 Å². The van der Waals surface area contributed by atoms with Crippen LogP contribution in [0.3, 0.4) is 0 Å². The van der Waals surface area contributed by atoms with Crippen LogP contribution >= 0.6 is 0 Å². The van der Waals surface area contributed by atoms with E-state index in [1.807, 2.05) is 6.07 Å². The summed E-state index contributed by atoms with van der Waals surface area (Å²) in [6, 6.07) is 5.06. The van der Waals surface area contributed by atoms with Gasteiger partial charge in [-0.2, -0.15) is 0 Å². The zero-order valence-electron chi connectivity index (χ0n) is 17.7. The molecule has 0 saturated heterocycles. The fourth-order valence-corrected chi connectivity index (χ4v) is 3.20. The van der Waals surface area contributed by atoms with Gasteiger partial charge in [-0.05, 0) is 37.5 Å². The Hall–Kier alpha value is -3.96. The van der Waals surface area contributed by atoms with Crippen LogP contribution in [0.2, 0.25) is 0 Å². The number of nitrogens with one attached hydrogen (secondary N) is 2. The Morgan fingerprint density at radius 2 is 1.85 bits per heavy atom. The van der Waals surface area contributed by atoms with Crippen LogP contribution < -0.4 is 10.6 Å². The molecule has 170 valence electrons. The van der Waals surface area contributed by atoms with Crippen LogP contribution in [-0.4, -0.2) is 60.3 Å². The molecule has 0 atom stereocenters. The van der Waals surface area contributed by atoms with Gasteiger partial charge in [-0.3, -0.25) is 19.8 Å². The quantitative estimate of drug-likeness (QED) is 0.285. The smallest absolute Gasteiger partial charge is 0.279 e. The fourth-order valence-electron chi connectivity index (χ4n) is 3.20. The summed E-state index contributed by atoms with van der Waals surface area (Å²) in [7, 11) is 0. The molecule has 3 aromatic rings. The molecular formula is C22H23N7O4. The lowest BCUT2D eigenvalue weighted by atomic mass is 10.1. The van der Waals surface area contributed by atoms with Crippen LogP contribution in [0.4, 0.5) is 17.1 Å². The lowest BCUT2D eigenvalue weighted by Gasteiger charge is -2.17. The molecule has 4 N–H and O–H groups in total. The van der Waals surface area contributed by atoms with E-state index in [0.717, 1.165) is 18.5 Å². The summed E-state index contributed by atoms with van der Waals surface area (Å²) in [4.78, 5) is 42.3. The summed E-state index contributed by atoms with van der Waals surface area (Å²) in [5.41, 5.74) is 2.20. The van der Waals surface area contributed by atoms with Gasteiger partial charge in [-0.15, -0.1) is 0 Å². The first-order chi connectivity index (χ1) is 16.1. The van der Waals surface area contributed by atoms with E-state index < -0.39 is 11.8 Å². The van der Waals surface area contributed by atoms with E-state index in [0.29, 0.717) is 22.4 Å². The number of amides is 2. The second-order valence-electron chi connectivity index (χ2n) is 7.54. The number of aromatic nitrogens is 4. The Morgan fingerprint density at radius 1 is 1.06 bits per heavy atom. The average Bonchev–Trinajstić information content (AvgIpc) is 3.69. The normalized spacial score (nSPS) is 12.8. The Bertz CT molecular complexity index is 1140. The fraction of sp³-hybridized carbons (Fsp3) is 0.273. The molecule has 0 bridgehead atoms. The lowest BCUT2D eigenvalue weighted by Crippen LogP contribution is -2.30. The third-order valence-electron chi connectivity index (χ3n) is 5.03. The van der Waals surface area contributed by atoms with Crippen molar-refractivity contribution in [3.8, 4) is 0 Å². The minimum atomic E-state index is -0.722. The Kier molecular flexibility index (Phi) is 6.81. The zero-order chi connectivity index (χ0) is 23.2. The molecule has 11 nitrogen and oxygen atoms in total. The van der Waals surface area contributed by atoms with Crippen LogP contribution in [0.1, 0.15) is 51.7 Å². The molecule has 33 heavy (non-hydrogen) atoms. The minimum Gasteiger partial charge on any atom is -0.396 e. The van der Waals surface area contributed by atoms with Gasteiger partial charge in [0.2, 0.25) is 0 Å². The van der Waals surface area contributed by atoms with Gasteiger partial charge in [0.15, 0.2) is 5.69 Å². The number of hydrogen-bond acceptors (Lipinski definition) is 9. The molecule has 0 aromatic carbocycles. The monoisotopic (exact) mass is 449 g/mol. The van der Waals surface area contributed by atoms with E-state index in [-0.39, 0.29) is 36.5 Å². The highest BCUT2D eigenvalue weighted by Gasteiger charge is 2.27. The highest BCUT2D eigenvalue weighted by Crippen LogP contribution is 2.39. The first-order valence-electron chi connectivity index (χ1n) is 10.5. The molecule has 1 aliphatic carbocycles. The van der Waals surface area contributed by atoms with Gasteiger partial charge in [0.05, 0.1) is 47.8 Å². The molecule has 0 unspecified atom stereocenters. The average molecular weight is 449 g/mol. The number of nitrogens with zero attached hydrogens (tertiary/aromatic N) is 5. The maximum Gasteiger partial charge on any atom is 0.279 e. The maximum atomic E-state index is 13.2. The van der Waals surface area contributed by atoms with Crippen molar-refractivity contribution in [1.29, 1.82) is 0 Å². The largest absolute Gasteiger partial charge is 0.396 e. The topological polar surface area (TPSA) is 153 Å². The molecule has 2 amide bonds. The second kappa shape index (κ2) is 10.1. The molecule has 1 fully saturated rings. The summed E-state index contributed by atoms with van der Waals surface area (Å²) in [6.45, 7) is -0.223. The Morgan fingerprint density at radius 3 is 2.58 bits per heavy atom. The van der Waals surface area contributed by atoms with Gasteiger partial charge in [0.25, 0.3) is 11.8 Å². The first kappa shape index (κ1) is 22.2. The maximum absolute atomic E-state index is 13.2. The third-order valence-corrected chi connectivity index (χ3v) is 5.03. The van der Waals surface area contributed by atoms with Gasteiger partial charge in [0, 0.05) is 24.4 Å². The van der Waals surface area contributed by atoms with Crippen molar-refractivity contribution in [3.63, 3.8) is 0 Å². The van der Waals surface area contributed by atoms with E-state index in [1.54, 1.807) is 18.5 Å². The zero-order valence-corrected chi connectivity index (χ0v) is 17.7. The predicted octanol–water partition coefficient (Wildman–Crippen LogP) is 2.35. The Balaban J connectivity index is 1.61. The van der Waals surface area contributed by atoms with Crippen LogP contribution in [0.15, 0.2) is 49.3 Å². The number of carbonyl (C=O) groups excluding carboxylic acids is 2. The van der Waals surface area contributed by atoms with Crippen molar-refractivity contribution in [1.82, 2.24) is 25.0 Å². The number of hydrogen-bond donors (Lipinski definition) is 4. The molecule has 0 aliphatic heterocycles. The molecule has 0 radical (unpaired) electrons. The molecule has 11 heteroatoms. The summed E-state index contributed by atoms with van der Waals surface area (Å²) in [6.07, 6.45) is 9.52. The van der Waals surface area contributed by atoms with Crippen LogP contribution in [-0.2, 0) is 0 Å². The van der Waals surface area contributed by atoms with E-state index >= 15 is 0 Å². The van der Waals surface area contributed by atoms with Crippen molar-refractivity contribution >= 4 is 28.9 Å². The number of rotatable bonds is 9. The molecule has 0 spiro atoms. The van der Waals surface area contributed by atoms with Crippen molar-refractivity contribution in [2.45, 2.75) is 25.2 Å². The minimum absolute atomic E-state index is 0.0523. The molecule has 3 aromatic heterocycles. The van der Waals surface area contributed by atoms with Gasteiger partial charge >= 0.3 is 0 Å². The second-order valence-corrected chi connectivity index (χ2v) is 7.54. The highest BCUT2D eigenvalue weighted by atomic mass is 16.5. The van der Waals surface area contributed by atoms with Crippen molar-refractivity contribution in [2.75, 3.05) is 23.8 Å². The number of hydroxylamine groups is 2. The van der Waals surface area contributed by atoms with E-state index in [2.05, 4.69) is 30.6 Å². The van der Waals surface area contributed by atoms with Crippen LogP contribution in [0.25, 0.3) is 0 Å². The van der Waals surface area contributed by atoms with Gasteiger partial charge < -0.3 is 15.7 Å². The number of pyridine rings is 2. The number of aliphatic hydroxyl groups excluding tert-OH is 1.